The number of thioether (sulfide) groups is 1. The lowest BCUT2D eigenvalue weighted by molar-refractivity contribution is -0.138. The SMILES string of the molecule is CC[C@H](C)NC(=O)[C@H](C)N(Cc1cccc(Cl)c1)C(=O)CSCc1ccccc1Cl. The quantitative estimate of drug-likeness (QED) is 0.498. The number of benzene rings is 2. The summed E-state index contributed by atoms with van der Waals surface area (Å²) in [6, 6.07) is 14.4. The van der Waals surface area contributed by atoms with Crippen molar-refractivity contribution in [3.05, 3.63) is 69.7 Å². The van der Waals surface area contributed by atoms with Crippen LogP contribution in [0.4, 0.5) is 0 Å². The Hall–Kier alpha value is -1.69. The molecule has 0 saturated carbocycles. The van der Waals surface area contributed by atoms with Gasteiger partial charge in [0.1, 0.15) is 6.04 Å². The molecule has 0 spiro atoms. The van der Waals surface area contributed by atoms with Gasteiger partial charge in [-0.05, 0) is 49.6 Å². The third-order valence-corrected chi connectivity index (χ3v) is 6.42. The van der Waals surface area contributed by atoms with Crippen LogP contribution in [0.15, 0.2) is 48.5 Å². The highest BCUT2D eigenvalue weighted by Gasteiger charge is 2.26. The maximum atomic E-state index is 13.1. The van der Waals surface area contributed by atoms with Gasteiger partial charge in [-0.15, -0.1) is 11.8 Å². The number of rotatable bonds is 10. The maximum Gasteiger partial charge on any atom is 0.242 e. The second-order valence-electron chi connectivity index (χ2n) is 7.23. The summed E-state index contributed by atoms with van der Waals surface area (Å²) in [5.74, 6) is 0.631. The first-order valence-electron chi connectivity index (χ1n) is 9.97. The van der Waals surface area contributed by atoms with Crippen LogP contribution in [0.1, 0.15) is 38.3 Å². The molecule has 0 unspecified atom stereocenters. The molecule has 0 heterocycles. The Balaban J connectivity index is 2.09. The van der Waals surface area contributed by atoms with Gasteiger partial charge in [0.05, 0.1) is 5.75 Å². The standard InChI is InChI=1S/C23H28Cl2N2O2S/c1-4-16(2)26-23(29)17(3)27(13-18-8-7-10-20(24)12-18)22(28)15-30-14-19-9-5-6-11-21(19)25/h5-12,16-17H,4,13-15H2,1-3H3,(H,26,29)/t16-,17-/m0/s1. The molecule has 4 nitrogen and oxygen atoms in total. The summed E-state index contributed by atoms with van der Waals surface area (Å²) in [7, 11) is 0. The van der Waals surface area contributed by atoms with Crippen molar-refractivity contribution in [2.45, 2.75) is 51.6 Å². The first kappa shape index (κ1) is 24.6. The molecule has 2 atom stereocenters. The molecule has 0 fully saturated rings. The van der Waals surface area contributed by atoms with E-state index >= 15 is 0 Å². The van der Waals surface area contributed by atoms with Crippen molar-refractivity contribution >= 4 is 46.8 Å². The van der Waals surface area contributed by atoms with E-state index in [2.05, 4.69) is 5.32 Å². The third-order valence-electron chi connectivity index (χ3n) is 4.85. The molecule has 2 amide bonds. The average Bonchev–Trinajstić information content (AvgIpc) is 2.72. The first-order valence-corrected chi connectivity index (χ1v) is 11.9. The number of halogens is 2. The molecule has 7 heteroatoms. The summed E-state index contributed by atoms with van der Waals surface area (Å²) in [6.07, 6.45) is 0.828. The van der Waals surface area contributed by atoms with E-state index in [1.54, 1.807) is 17.9 Å². The van der Waals surface area contributed by atoms with Gasteiger partial charge in [-0.1, -0.05) is 60.5 Å². The van der Waals surface area contributed by atoms with Gasteiger partial charge >= 0.3 is 0 Å². The topological polar surface area (TPSA) is 49.4 Å². The number of hydrogen-bond acceptors (Lipinski definition) is 3. The predicted octanol–water partition coefficient (Wildman–Crippen LogP) is 5.56. The van der Waals surface area contributed by atoms with Gasteiger partial charge < -0.3 is 10.2 Å². The van der Waals surface area contributed by atoms with E-state index in [1.165, 1.54) is 11.8 Å². The number of carbonyl (C=O) groups excluding carboxylic acids is 2. The van der Waals surface area contributed by atoms with Crippen molar-refractivity contribution in [2.24, 2.45) is 0 Å². The van der Waals surface area contributed by atoms with Crippen LogP contribution in [0, 0.1) is 0 Å². The monoisotopic (exact) mass is 466 g/mol. The molecule has 0 radical (unpaired) electrons. The summed E-state index contributed by atoms with van der Waals surface area (Å²) in [4.78, 5) is 27.4. The summed E-state index contributed by atoms with van der Waals surface area (Å²) < 4.78 is 0. The summed E-state index contributed by atoms with van der Waals surface area (Å²) in [6.45, 7) is 6.04. The summed E-state index contributed by atoms with van der Waals surface area (Å²) in [5, 5.41) is 4.26. The Labute approximate surface area is 193 Å². The van der Waals surface area contributed by atoms with Gasteiger partial charge in [0.15, 0.2) is 0 Å². The second-order valence-corrected chi connectivity index (χ2v) is 9.06. The number of nitrogens with zero attached hydrogens (tertiary/aromatic N) is 1. The molecule has 162 valence electrons. The second kappa shape index (κ2) is 12.2. The molecule has 2 aromatic rings. The van der Waals surface area contributed by atoms with E-state index < -0.39 is 6.04 Å². The van der Waals surface area contributed by atoms with E-state index in [9.17, 15) is 9.59 Å². The Morgan fingerprint density at radius 2 is 1.83 bits per heavy atom. The van der Waals surface area contributed by atoms with E-state index in [-0.39, 0.29) is 23.6 Å². The molecule has 0 aliphatic carbocycles. The third kappa shape index (κ3) is 7.53. The summed E-state index contributed by atoms with van der Waals surface area (Å²) >= 11 is 13.8. The Kier molecular flexibility index (Phi) is 10.0. The highest BCUT2D eigenvalue weighted by molar-refractivity contribution is 7.99. The molecular weight excluding hydrogens is 439 g/mol. The number of hydrogen-bond donors (Lipinski definition) is 1. The fraction of sp³-hybridized carbons (Fsp3) is 0.391. The fourth-order valence-electron chi connectivity index (χ4n) is 2.83. The number of amides is 2. The highest BCUT2D eigenvalue weighted by atomic mass is 35.5. The van der Waals surface area contributed by atoms with E-state index in [1.807, 2.05) is 56.3 Å². The average molecular weight is 467 g/mol. The minimum atomic E-state index is -0.591. The number of carbonyl (C=O) groups is 2. The van der Waals surface area contributed by atoms with Crippen LogP contribution in [0.2, 0.25) is 10.0 Å². The van der Waals surface area contributed by atoms with Crippen LogP contribution >= 0.6 is 35.0 Å². The smallest absolute Gasteiger partial charge is 0.242 e. The van der Waals surface area contributed by atoms with E-state index in [4.69, 9.17) is 23.2 Å². The molecule has 1 N–H and O–H groups in total. The van der Waals surface area contributed by atoms with Gasteiger partial charge in [-0.3, -0.25) is 9.59 Å². The van der Waals surface area contributed by atoms with Crippen LogP contribution in [0.3, 0.4) is 0 Å². The Morgan fingerprint density at radius 1 is 1.10 bits per heavy atom. The van der Waals surface area contributed by atoms with Crippen LogP contribution in [0.25, 0.3) is 0 Å². The van der Waals surface area contributed by atoms with Crippen molar-refractivity contribution < 1.29 is 9.59 Å². The maximum absolute atomic E-state index is 13.1. The van der Waals surface area contributed by atoms with Gasteiger partial charge in [-0.2, -0.15) is 0 Å². The molecule has 0 saturated heterocycles. The fourth-order valence-corrected chi connectivity index (χ4v) is 4.24. The highest BCUT2D eigenvalue weighted by Crippen LogP contribution is 2.22. The molecule has 30 heavy (non-hydrogen) atoms. The zero-order chi connectivity index (χ0) is 22.1. The van der Waals surface area contributed by atoms with Crippen LogP contribution in [-0.2, 0) is 21.9 Å². The van der Waals surface area contributed by atoms with Crippen LogP contribution in [-0.4, -0.2) is 34.6 Å². The lowest BCUT2D eigenvalue weighted by atomic mass is 10.1. The van der Waals surface area contributed by atoms with Gasteiger partial charge in [0, 0.05) is 28.4 Å². The minimum absolute atomic E-state index is 0.0534. The lowest BCUT2D eigenvalue weighted by Crippen LogP contribution is -2.50. The Morgan fingerprint density at radius 3 is 2.50 bits per heavy atom. The zero-order valence-corrected chi connectivity index (χ0v) is 19.9. The van der Waals surface area contributed by atoms with Gasteiger partial charge in [0.25, 0.3) is 0 Å². The zero-order valence-electron chi connectivity index (χ0n) is 17.5. The van der Waals surface area contributed by atoms with Crippen molar-refractivity contribution in [3.8, 4) is 0 Å². The van der Waals surface area contributed by atoms with Gasteiger partial charge in [0.2, 0.25) is 11.8 Å². The van der Waals surface area contributed by atoms with Crippen molar-refractivity contribution in [1.29, 1.82) is 0 Å². The van der Waals surface area contributed by atoms with Crippen molar-refractivity contribution in [2.75, 3.05) is 5.75 Å². The molecule has 2 rings (SSSR count). The van der Waals surface area contributed by atoms with Crippen LogP contribution < -0.4 is 5.32 Å². The van der Waals surface area contributed by atoms with Crippen LogP contribution in [0.5, 0.6) is 0 Å². The molecule has 0 aliphatic rings. The van der Waals surface area contributed by atoms with Crippen molar-refractivity contribution in [3.63, 3.8) is 0 Å². The Bertz CT molecular complexity index is 863. The van der Waals surface area contributed by atoms with E-state index in [0.717, 1.165) is 17.5 Å². The predicted molar refractivity (Wildman–Crippen MR) is 127 cm³/mol. The normalized spacial score (nSPS) is 12.8. The van der Waals surface area contributed by atoms with E-state index in [0.29, 0.717) is 22.3 Å². The molecule has 0 aromatic heterocycles. The molecule has 0 bridgehead atoms. The molecule has 0 aliphatic heterocycles. The van der Waals surface area contributed by atoms with Crippen molar-refractivity contribution in [1.82, 2.24) is 10.2 Å². The molecular formula is C23H28Cl2N2O2S. The minimum Gasteiger partial charge on any atom is -0.352 e. The van der Waals surface area contributed by atoms with Gasteiger partial charge in [-0.25, -0.2) is 0 Å². The largest absolute Gasteiger partial charge is 0.352 e. The number of nitrogens with one attached hydrogen (secondary N) is 1. The first-order chi connectivity index (χ1) is 14.3. The molecule has 2 aromatic carbocycles. The summed E-state index contributed by atoms with van der Waals surface area (Å²) in [5.41, 5.74) is 1.87. The lowest BCUT2D eigenvalue weighted by Gasteiger charge is -2.29.